The molecule has 0 aliphatic heterocycles. The van der Waals surface area contributed by atoms with Gasteiger partial charge in [0.2, 0.25) is 0 Å². The van der Waals surface area contributed by atoms with Crippen LogP contribution >= 0.6 is 0 Å². The van der Waals surface area contributed by atoms with Gasteiger partial charge in [-0.05, 0) is 46.2 Å². The van der Waals surface area contributed by atoms with E-state index < -0.39 is 0 Å². The quantitative estimate of drug-likeness (QED) is 0.708. The molecule has 0 atom stereocenters. The number of fused-ring (bicyclic) bond motifs is 1. The Morgan fingerprint density at radius 1 is 0.750 bits per heavy atom. The highest BCUT2D eigenvalue weighted by Gasteiger charge is 2.14. The summed E-state index contributed by atoms with van der Waals surface area (Å²) in [5.74, 6) is 0. The maximum Gasteiger partial charge on any atom is -0.00819 e. The first-order valence-corrected chi connectivity index (χ1v) is 7.17. The molecule has 96 valence electrons. The highest BCUT2D eigenvalue weighted by molar-refractivity contribution is 5.85. The molecule has 0 aromatic heterocycles. The predicted octanol–water partition coefficient (Wildman–Crippen LogP) is 5.02. The summed E-state index contributed by atoms with van der Waals surface area (Å²) in [6.45, 7) is 0. The molecule has 0 fully saturated rings. The zero-order chi connectivity index (χ0) is 13.4. The van der Waals surface area contributed by atoms with Crippen LogP contribution in [0.3, 0.4) is 0 Å². The second-order valence-electron chi connectivity index (χ2n) is 5.38. The van der Waals surface area contributed by atoms with Crippen molar-refractivity contribution in [3.63, 3.8) is 0 Å². The van der Waals surface area contributed by atoms with Crippen molar-refractivity contribution in [2.45, 2.75) is 12.8 Å². The van der Waals surface area contributed by atoms with Gasteiger partial charge in [0.05, 0.1) is 0 Å². The van der Waals surface area contributed by atoms with Crippen LogP contribution in [0.5, 0.6) is 0 Å². The van der Waals surface area contributed by atoms with E-state index >= 15 is 0 Å². The zero-order valence-electron chi connectivity index (χ0n) is 11.3. The summed E-state index contributed by atoms with van der Waals surface area (Å²) in [5, 5.41) is 0. The molecule has 2 aliphatic carbocycles. The van der Waals surface area contributed by atoms with E-state index in [1.165, 1.54) is 33.4 Å². The lowest BCUT2D eigenvalue weighted by molar-refractivity contribution is 1.31. The lowest BCUT2D eigenvalue weighted by Gasteiger charge is -2.08. The summed E-state index contributed by atoms with van der Waals surface area (Å²) in [6.07, 6.45) is 11.0. The highest BCUT2D eigenvalue weighted by atomic mass is 14.2. The monoisotopic (exact) mass is 256 g/mol. The standard InChI is InChI=1S/C20H16/c1-2-6-15(5-1)16-9-11-18(12-10-16)20-14-13-17-7-3-4-8-19(17)20/h1-5,7-12,14H,6,13H2. The molecule has 0 N–H and O–H groups in total. The molecule has 0 amide bonds. The summed E-state index contributed by atoms with van der Waals surface area (Å²) >= 11 is 0. The first-order chi connectivity index (χ1) is 9.92. The van der Waals surface area contributed by atoms with Crippen LogP contribution in [0.25, 0.3) is 11.1 Å². The van der Waals surface area contributed by atoms with Gasteiger partial charge in [-0.3, -0.25) is 0 Å². The molecule has 0 saturated heterocycles. The van der Waals surface area contributed by atoms with Gasteiger partial charge < -0.3 is 0 Å². The molecule has 0 radical (unpaired) electrons. The Labute approximate surface area is 119 Å². The number of allylic oxidation sites excluding steroid dienone is 5. The van der Waals surface area contributed by atoms with Gasteiger partial charge in [-0.15, -0.1) is 0 Å². The number of benzene rings is 2. The van der Waals surface area contributed by atoms with Gasteiger partial charge in [0.15, 0.2) is 0 Å². The first-order valence-electron chi connectivity index (χ1n) is 7.17. The van der Waals surface area contributed by atoms with Gasteiger partial charge in [0.1, 0.15) is 0 Å². The van der Waals surface area contributed by atoms with Gasteiger partial charge in [-0.2, -0.15) is 0 Å². The molecule has 0 heterocycles. The molecule has 20 heavy (non-hydrogen) atoms. The van der Waals surface area contributed by atoms with Crippen molar-refractivity contribution in [3.05, 3.63) is 95.1 Å². The van der Waals surface area contributed by atoms with Crippen molar-refractivity contribution >= 4 is 11.1 Å². The van der Waals surface area contributed by atoms with E-state index in [4.69, 9.17) is 0 Å². The van der Waals surface area contributed by atoms with Crippen LogP contribution in [0.4, 0.5) is 0 Å². The summed E-state index contributed by atoms with van der Waals surface area (Å²) in [5.41, 5.74) is 8.29. The van der Waals surface area contributed by atoms with E-state index in [-0.39, 0.29) is 0 Å². The van der Waals surface area contributed by atoms with E-state index in [0.29, 0.717) is 0 Å². The molecule has 2 aromatic rings. The number of hydrogen-bond acceptors (Lipinski definition) is 0. The van der Waals surface area contributed by atoms with E-state index in [2.05, 4.69) is 72.8 Å². The smallest absolute Gasteiger partial charge is 0.00819 e. The maximum absolute atomic E-state index is 2.34. The van der Waals surface area contributed by atoms with E-state index in [1.807, 2.05) is 0 Å². The minimum Gasteiger partial charge on any atom is -0.0801 e. The molecule has 4 rings (SSSR count). The third-order valence-electron chi connectivity index (χ3n) is 4.17. The van der Waals surface area contributed by atoms with Crippen molar-refractivity contribution in [2.75, 3.05) is 0 Å². The van der Waals surface area contributed by atoms with Crippen LogP contribution in [0.2, 0.25) is 0 Å². The van der Waals surface area contributed by atoms with Crippen LogP contribution in [-0.2, 0) is 6.42 Å². The van der Waals surface area contributed by atoms with E-state index in [1.54, 1.807) is 0 Å². The van der Waals surface area contributed by atoms with Crippen molar-refractivity contribution in [1.82, 2.24) is 0 Å². The van der Waals surface area contributed by atoms with E-state index in [9.17, 15) is 0 Å². The Balaban J connectivity index is 1.68. The largest absolute Gasteiger partial charge is 0.0801 e. The number of hydrogen-bond donors (Lipinski definition) is 0. The van der Waals surface area contributed by atoms with Gasteiger partial charge in [0, 0.05) is 0 Å². The van der Waals surface area contributed by atoms with Crippen molar-refractivity contribution in [1.29, 1.82) is 0 Å². The van der Waals surface area contributed by atoms with Crippen LogP contribution in [-0.4, -0.2) is 0 Å². The molecule has 0 nitrogen and oxygen atoms in total. The molecule has 0 saturated carbocycles. The summed E-state index contributed by atoms with van der Waals surface area (Å²) in [4.78, 5) is 0. The van der Waals surface area contributed by atoms with Gasteiger partial charge in [-0.25, -0.2) is 0 Å². The molecule has 0 spiro atoms. The minimum absolute atomic E-state index is 1.06. The van der Waals surface area contributed by atoms with Crippen molar-refractivity contribution < 1.29 is 0 Å². The third-order valence-corrected chi connectivity index (χ3v) is 4.17. The first kappa shape index (κ1) is 11.5. The second kappa shape index (κ2) is 4.64. The molecule has 0 unspecified atom stereocenters. The van der Waals surface area contributed by atoms with Crippen LogP contribution in [0.1, 0.15) is 28.7 Å². The summed E-state index contributed by atoms with van der Waals surface area (Å²) in [7, 11) is 0. The maximum atomic E-state index is 2.34. The van der Waals surface area contributed by atoms with Gasteiger partial charge in [0.25, 0.3) is 0 Å². The molecular weight excluding hydrogens is 240 g/mol. The average molecular weight is 256 g/mol. The van der Waals surface area contributed by atoms with Gasteiger partial charge >= 0.3 is 0 Å². The Hall–Kier alpha value is -2.34. The Morgan fingerprint density at radius 3 is 2.35 bits per heavy atom. The Morgan fingerprint density at radius 2 is 1.55 bits per heavy atom. The third kappa shape index (κ3) is 1.85. The molecule has 2 aromatic carbocycles. The van der Waals surface area contributed by atoms with Crippen LogP contribution in [0.15, 0.2) is 72.8 Å². The minimum atomic E-state index is 1.06. The van der Waals surface area contributed by atoms with E-state index in [0.717, 1.165) is 12.8 Å². The lowest BCUT2D eigenvalue weighted by Crippen LogP contribution is -1.88. The zero-order valence-corrected chi connectivity index (χ0v) is 11.3. The summed E-state index contributed by atoms with van der Waals surface area (Å²) < 4.78 is 0. The fourth-order valence-electron chi connectivity index (χ4n) is 3.08. The topological polar surface area (TPSA) is 0 Å². The van der Waals surface area contributed by atoms with Gasteiger partial charge in [-0.1, -0.05) is 72.8 Å². The SMILES string of the molecule is C1=CCC(c2ccc(C3=CCc4ccccc43)cc2)=C1. The Kier molecular flexibility index (Phi) is 2.67. The second-order valence-corrected chi connectivity index (χ2v) is 5.38. The van der Waals surface area contributed by atoms with Crippen molar-refractivity contribution in [2.24, 2.45) is 0 Å². The van der Waals surface area contributed by atoms with Crippen molar-refractivity contribution in [3.8, 4) is 0 Å². The van der Waals surface area contributed by atoms with Crippen LogP contribution in [0, 0.1) is 0 Å². The highest BCUT2D eigenvalue weighted by Crippen LogP contribution is 2.33. The normalized spacial score (nSPS) is 16.0. The molecular formula is C20H16. The Bertz CT molecular complexity index is 740. The lowest BCUT2D eigenvalue weighted by atomic mass is 9.96. The molecule has 2 aliphatic rings. The molecule has 0 heteroatoms. The number of rotatable bonds is 2. The average Bonchev–Trinajstić information content (AvgIpc) is 3.17. The fraction of sp³-hybridized carbons (Fsp3) is 0.100. The van der Waals surface area contributed by atoms with Crippen LogP contribution < -0.4 is 0 Å². The predicted molar refractivity (Wildman–Crippen MR) is 85.4 cm³/mol. The summed E-state index contributed by atoms with van der Waals surface area (Å²) in [6, 6.07) is 17.7. The molecule has 0 bridgehead atoms. The fourth-order valence-corrected chi connectivity index (χ4v) is 3.08.